The van der Waals surface area contributed by atoms with E-state index in [9.17, 15) is 13.2 Å². The van der Waals surface area contributed by atoms with Gasteiger partial charge in [-0.3, -0.25) is 4.79 Å². The van der Waals surface area contributed by atoms with Crippen molar-refractivity contribution < 1.29 is 17.9 Å². The van der Waals surface area contributed by atoms with Crippen LogP contribution in [-0.4, -0.2) is 31.9 Å². The number of halogens is 2. The lowest BCUT2D eigenvalue weighted by Gasteiger charge is -2.18. The third-order valence-corrected chi connectivity index (χ3v) is 4.26. The number of carbonyl (C=O) groups excluding carboxylic acids is 1. The highest BCUT2D eigenvalue weighted by atomic mass is 35.5. The quantitative estimate of drug-likeness (QED) is 0.440. The number of benzene rings is 1. The van der Waals surface area contributed by atoms with Crippen molar-refractivity contribution in [2.24, 2.45) is 0 Å². The number of ether oxygens (including phenoxy) is 1. The van der Waals surface area contributed by atoms with Crippen molar-refractivity contribution in [1.82, 2.24) is 10.3 Å². The minimum Gasteiger partial charge on any atom is -0.465 e. The number of hydrogen-bond acceptors (Lipinski definition) is 5. The minimum atomic E-state index is -3.84. The van der Waals surface area contributed by atoms with Gasteiger partial charge in [0, 0.05) is 0 Å². The monoisotopic (exact) mass is 354 g/mol. The molecule has 0 aromatic heterocycles. The Morgan fingerprint density at radius 1 is 1.29 bits per heavy atom. The van der Waals surface area contributed by atoms with E-state index in [1.54, 1.807) is 19.1 Å². The average Bonchev–Trinajstić information content (AvgIpc) is 2.39. The van der Waals surface area contributed by atoms with E-state index in [2.05, 4.69) is 10.3 Å². The second-order valence-corrected chi connectivity index (χ2v) is 6.97. The summed E-state index contributed by atoms with van der Waals surface area (Å²) in [6, 6.07) is 4.98. The summed E-state index contributed by atoms with van der Waals surface area (Å²) in [4.78, 5) is 12.5. The van der Waals surface area contributed by atoms with E-state index in [1.807, 2.05) is 6.92 Å². The molecule has 0 radical (unpaired) electrons. The van der Waals surface area contributed by atoms with Gasteiger partial charge in [0.2, 0.25) is 0 Å². The van der Waals surface area contributed by atoms with Crippen LogP contribution in [-0.2, 0) is 19.6 Å². The number of hydrazine groups is 1. The number of nitrogens with one attached hydrogen (secondary N) is 2. The summed E-state index contributed by atoms with van der Waals surface area (Å²) in [6.07, 6.45) is 0. The number of hydrogen-bond donors (Lipinski definition) is 2. The van der Waals surface area contributed by atoms with Crippen LogP contribution in [0.1, 0.15) is 12.5 Å². The Hall–Kier alpha value is -0.860. The number of alkyl halides is 2. The molecule has 1 aromatic rings. The van der Waals surface area contributed by atoms with Crippen molar-refractivity contribution in [3.8, 4) is 0 Å². The highest BCUT2D eigenvalue weighted by molar-refractivity contribution is 7.89. The number of esters is 1. The molecule has 1 unspecified atom stereocenters. The predicted molar refractivity (Wildman–Crippen MR) is 80.6 cm³/mol. The predicted octanol–water partition coefficient (Wildman–Crippen LogP) is 1.51. The van der Waals surface area contributed by atoms with Crippen LogP contribution >= 0.6 is 23.2 Å². The molecule has 0 fully saturated rings. The molecular formula is C12H16Cl2N2O4S. The highest BCUT2D eigenvalue weighted by Crippen LogP contribution is 2.12. The maximum atomic E-state index is 12.0. The van der Waals surface area contributed by atoms with Crippen molar-refractivity contribution in [3.63, 3.8) is 0 Å². The van der Waals surface area contributed by atoms with Gasteiger partial charge in [-0.15, -0.1) is 28.0 Å². The molecule has 0 heterocycles. The fourth-order valence-corrected chi connectivity index (χ4v) is 2.60. The first-order chi connectivity index (χ1) is 9.77. The first-order valence-electron chi connectivity index (χ1n) is 6.06. The van der Waals surface area contributed by atoms with Crippen LogP contribution in [0.25, 0.3) is 0 Å². The molecule has 1 atom stereocenters. The first kappa shape index (κ1) is 18.2. The standard InChI is InChI=1S/C12H16Cl2N2O4S/c1-3-20-12(17)10(11(13)14)15-16-21(18,19)9-6-4-8(2)5-7-9/h4-7,10-11,15-16H,3H2,1-2H3. The normalized spacial score (nSPS) is 13.2. The Morgan fingerprint density at radius 2 is 1.86 bits per heavy atom. The lowest BCUT2D eigenvalue weighted by atomic mass is 10.2. The molecule has 0 amide bonds. The lowest BCUT2D eigenvalue weighted by Crippen LogP contribution is -2.51. The number of sulfonamides is 1. The Bertz CT molecular complexity index is 575. The van der Waals surface area contributed by atoms with Crippen molar-refractivity contribution in [3.05, 3.63) is 29.8 Å². The topological polar surface area (TPSA) is 84.5 Å². The van der Waals surface area contributed by atoms with Gasteiger partial charge in [0.05, 0.1) is 11.5 Å². The van der Waals surface area contributed by atoms with Crippen molar-refractivity contribution in [2.75, 3.05) is 6.61 Å². The Balaban J connectivity index is 2.79. The van der Waals surface area contributed by atoms with Crippen molar-refractivity contribution >= 4 is 39.2 Å². The number of aryl methyl sites for hydroxylation is 1. The zero-order chi connectivity index (χ0) is 16.0. The summed E-state index contributed by atoms with van der Waals surface area (Å²) in [5.41, 5.74) is 3.20. The smallest absolute Gasteiger partial charge is 0.327 e. The molecular weight excluding hydrogens is 339 g/mol. The molecule has 0 saturated carbocycles. The molecule has 1 rings (SSSR count). The third-order valence-electron chi connectivity index (χ3n) is 2.47. The minimum absolute atomic E-state index is 0.0453. The van der Waals surface area contributed by atoms with Gasteiger partial charge in [0.1, 0.15) is 4.84 Å². The van der Waals surface area contributed by atoms with Gasteiger partial charge >= 0.3 is 5.97 Å². The Labute approximate surface area is 133 Å². The molecule has 9 heteroatoms. The van der Waals surface area contributed by atoms with E-state index < -0.39 is 26.9 Å². The highest BCUT2D eigenvalue weighted by Gasteiger charge is 2.28. The van der Waals surface area contributed by atoms with Crippen LogP contribution in [0.5, 0.6) is 0 Å². The fourth-order valence-electron chi connectivity index (χ4n) is 1.37. The van der Waals surface area contributed by atoms with E-state index in [4.69, 9.17) is 27.9 Å². The molecule has 0 aliphatic heterocycles. The Kier molecular flexibility index (Phi) is 6.89. The first-order valence-corrected chi connectivity index (χ1v) is 8.42. The summed E-state index contributed by atoms with van der Waals surface area (Å²) in [7, 11) is -3.84. The molecule has 1 aromatic carbocycles. The van der Waals surface area contributed by atoms with E-state index in [-0.39, 0.29) is 11.5 Å². The third kappa shape index (κ3) is 5.44. The van der Waals surface area contributed by atoms with Gasteiger partial charge in [-0.05, 0) is 26.0 Å². The van der Waals surface area contributed by atoms with Gasteiger partial charge in [-0.25, -0.2) is 13.8 Å². The van der Waals surface area contributed by atoms with Gasteiger partial charge in [0.15, 0.2) is 6.04 Å². The summed E-state index contributed by atoms with van der Waals surface area (Å²) in [5.74, 6) is -0.751. The molecule has 0 spiro atoms. The zero-order valence-electron chi connectivity index (χ0n) is 11.5. The maximum absolute atomic E-state index is 12.0. The molecule has 118 valence electrons. The van der Waals surface area contributed by atoms with E-state index in [0.717, 1.165) is 5.56 Å². The van der Waals surface area contributed by atoms with Gasteiger partial charge in [0.25, 0.3) is 10.0 Å². The van der Waals surface area contributed by atoms with Gasteiger partial charge in [-0.1, -0.05) is 17.7 Å². The summed E-state index contributed by atoms with van der Waals surface area (Å²) >= 11 is 11.3. The molecule has 0 aliphatic carbocycles. The number of carbonyl (C=O) groups is 1. The van der Waals surface area contributed by atoms with Gasteiger partial charge in [-0.2, -0.15) is 0 Å². The second-order valence-electron chi connectivity index (χ2n) is 4.13. The Morgan fingerprint density at radius 3 is 2.33 bits per heavy atom. The van der Waals surface area contributed by atoms with Crippen LogP contribution in [0.3, 0.4) is 0 Å². The fraction of sp³-hybridized carbons (Fsp3) is 0.417. The summed E-state index contributed by atoms with van der Waals surface area (Å²) < 4.78 is 28.8. The lowest BCUT2D eigenvalue weighted by molar-refractivity contribution is -0.145. The van der Waals surface area contributed by atoms with Crippen LogP contribution in [0.15, 0.2) is 29.2 Å². The van der Waals surface area contributed by atoms with Crippen LogP contribution in [0.2, 0.25) is 0 Å². The molecule has 21 heavy (non-hydrogen) atoms. The largest absolute Gasteiger partial charge is 0.465 e. The molecule has 0 saturated heterocycles. The van der Waals surface area contributed by atoms with E-state index >= 15 is 0 Å². The van der Waals surface area contributed by atoms with Crippen molar-refractivity contribution in [1.29, 1.82) is 0 Å². The van der Waals surface area contributed by atoms with Crippen LogP contribution < -0.4 is 10.3 Å². The van der Waals surface area contributed by atoms with E-state index in [1.165, 1.54) is 12.1 Å². The summed E-state index contributed by atoms with van der Waals surface area (Å²) in [5, 5.41) is 0. The molecule has 6 nitrogen and oxygen atoms in total. The summed E-state index contributed by atoms with van der Waals surface area (Å²) in [6.45, 7) is 3.58. The maximum Gasteiger partial charge on any atom is 0.327 e. The SMILES string of the molecule is CCOC(=O)C(NNS(=O)(=O)c1ccc(C)cc1)C(Cl)Cl. The van der Waals surface area contributed by atoms with Gasteiger partial charge < -0.3 is 4.74 Å². The molecule has 2 N–H and O–H groups in total. The zero-order valence-corrected chi connectivity index (χ0v) is 13.8. The molecule has 0 bridgehead atoms. The van der Waals surface area contributed by atoms with E-state index in [0.29, 0.717) is 0 Å². The number of rotatable bonds is 7. The molecule has 0 aliphatic rings. The van der Waals surface area contributed by atoms with Crippen molar-refractivity contribution in [2.45, 2.75) is 29.6 Å². The second kappa shape index (κ2) is 7.95. The van der Waals surface area contributed by atoms with Crippen LogP contribution in [0.4, 0.5) is 0 Å². The van der Waals surface area contributed by atoms with Crippen LogP contribution in [0, 0.1) is 6.92 Å². The average molecular weight is 355 g/mol.